The molecule has 0 bridgehead atoms. The fourth-order valence-corrected chi connectivity index (χ4v) is 1.93. The van der Waals surface area contributed by atoms with Gasteiger partial charge in [-0.15, -0.1) is 0 Å². The van der Waals surface area contributed by atoms with Gasteiger partial charge in [-0.1, -0.05) is 19.9 Å². The molecule has 0 saturated heterocycles. The van der Waals surface area contributed by atoms with Crippen LogP contribution in [0.4, 0.5) is 0 Å². The van der Waals surface area contributed by atoms with E-state index in [2.05, 4.69) is 0 Å². The lowest BCUT2D eigenvalue weighted by Gasteiger charge is -2.06. The lowest BCUT2D eigenvalue weighted by atomic mass is 10.0. The number of hydrogen-bond acceptors (Lipinski definition) is 2. The van der Waals surface area contributed by atoms with Crippen LogP contribution in [0.25, 0.3) is 0 Å². The monoisotopic (exact) mass is 258 g/mol. The van der Waals surface area contributed by atoms with Crippen LogP contribution in [0.1, 0.15) is 24.2 Å². The first-order valence-electron chi connectivity index (χ1n) is 6.43. The van der Waals surface area contributed by atoms with Gasteiger partial charge in [-0.3, -0.25) is 9.59 Å². The largest absolute Gasteiger partial charge is 0.352 e. The third kappa shape index (κ3) is 3.22. The third-order valence-electron chi connectivity index (χ3n) is 3.06. The van der Waals surface area contributed by atoms with Crippen LogP contribution >= 0.6 is 0 Å². The van der Waals surface area contributed by atoms with Crippen molar-refractivity contribution in [1.82, 2.24) is 9.13 Å². The fraction of sp³-hybridized carbons (Fsp3) is 0.333. The predicted molar refractivity (Wildman–Crippen MR) is 74.3 cm³/mol. The Morgan fingerprint density at radius 3 is 2.63 bits per heavy atom. The summed E-state index contributed by atoms with van der Waals surface area (Å²) < 4.78 is 3.60. The van der Waals surface area contributed by atoms with Crippen LogP contribution in [0.2, 0.25) is 0 Å². The molecule has 19 heavy (non-hydrogen) atoms. The van der Waals surface area contributed by atoms with Crippen LogP contribution in [0.5, 0.6) is 0 Å². The zero-order valence-corrected chi connectivity index (χ0v) is 11.2. The summed E-state index contributed by atoms with van der Waals surface area (Å²) >= 11 is 0. The Bertz CT molecular complexity index is 623. The summed E-state index contributed by atoms with van der Waals surface area (Å²) in [6.45, 7) is 5.06. The summed E-state index contributed by atoms with van der Waals surface area (Å²) in [4.78, 5) is 23.4. The molecule has 0 atom stereocenters. The Kier molecular flexibility index (Phi) is 4.00. The molecule has 0 fully saturated rings. The molecule has 0 radical (unpaired) electrons. The van der Waals surface area contributed by atoms with Crippen molar-refractivity contribution in [3.05, 3.63) is 58.8 Å². The number of aryl methyl sites for hydroxylation is 2. The number of pyridine rings is 1. The van der Waals surface area contributed by atoms with Gasteiger partial charge in [-0.25, -0.2) is 0 Å². The van der Waals surface area contributed by atoms with Crippen LogP contribution < -0.4 is 5.56 Å². The van der Waals surface area contributed by atoms with Crippen molar-refractivity contribution in [3.63, 3.8) is 0 Å². The number of Topliss-reactive ketones (excluding diaryl/α,β-unsaturated/α-hetero) is 1. The summed E-state index contributed by atoms with van der Waals surface area (Å²) in [5.74, 6) is 0.156. The topological polar surface area (TPSA) is 44.0 Å². The first kappa shape index (κ1) is 13.3. The minimum Gasteiger partial charge on any atom is -0.352 e. The maximum Gasteiger partial charge on any atom is 0.250 e. The van der Waals surface area contributed by atoms with Crippen molar-refractivity contribution in [2.75, 3.05) is 0 Å². The van der Waals surface area contributed by atoms with Gasteiger partial charge in [0.2, 0.25) is 0 Å². The van der Waals surface area contributed by atoms with E-state index in [1.165, 1.54) is 0 Å². The number of nitrogens with zero attached hydrogens (tertiary/aromatic N) is 2. The van der Waals surface area contributed by atoms with E-state index in [0.29, 0.717) is 13.1 Å². The van der Waals surface area contributed by atoms with Crippen LogP contribution in [-0.2, 0) is 13.1 Å². The first-order valence-corrected chi connectivity index (χ1v) is 6.43. The van der Waals surface area contributed by atoms with E-state index in [9.17, 15) is 9.59 Å². The van der Waals surface area contributed by atoms with Crippen LogP contribution in [0.3, 0.4) is 0 Å². The number of hydrogen-bond donors (Lipinski definition) is 0. The second-order valence-electron chi connectivity index (χ2n) is 4.89. The number of carbonyl (C=O) groups excluding carboxylic acids is 1. The van der Waals surface area contributed by atoms with Gasteiger partial charge in [-0.05, 0) is 12.1 Å². The molecule has 0 aliphatic rings. The van der Waals surface area contributed by atoms with Gasteiger partial charge in [0.1, 0.15) is 0 Å². The van der Waals surface area contributed by atoms with E-state index in [4.69, 9.17) is 0 Å². The van der Waals surface area contributed by atoms with Crippen molar-refractivity contribution in [1.29, 1.82) is 0 Å². The third-order valence-corrected chi connectivity index (χ3v) is 3.06. The van der Waals surface area contributed by atoms with E-state index in [0.717, 1.165) is 5.56 Å². The van der Waals surface area contributed by atoms with Gasteiger partial charge >= 0.3 is 0 Å². The molecule has 4 nitrogen and oxygen atoms in total. The van der Waals surface area contributed by atoms with Crippen molar-refractivity contribution >= 4 is 5.78 Å². The lowest BCUT2D eigenvalue weighted by Crippen LogP contribution is -2.20. The standard InChI is InChI=1S/C15H18N2O2/c1-12(2)15(19)13-6-8-16(11-13)9-10-17-7-4-3-5-14(17)18/h3-8,11-12H,9-10H2,1-2H3. The normalized spacial score (nSPS) is 10.9. The highest BCUT2D eigenvalue weighted by Crippen LogP contribution is 2.09. The SMILES string of the molecule is CC(C)C(=O)c1ccn(CCn2ccccc2=O)c1. The molecule has 2 aromatic heterocycles. The van der Waals surface area contributed by atoms with Crippen molar-refractivity contribution in [3.8, 4) is 0 Å². The summed E-state index contributed by atoms with van der Waals surface area (Å²) in [6, 6.07) is 6.94. The molecule has 0 N–H and O–H groups in total. The molecule has 0 unspecified atom stereocenters. The second kappa shape index (κ2) is 5.69. The molecule has 0 spiro atoms. The van der Waals surface area contributed by atoms with Gasteiger partial charge in [0, 0.05) is 49.2 Å². The number of aromatic nitrogens is 2. The molecule has 100 valence electrons. The van der Waals surface area contributed by atoms with Crippen LogP contribution in [0, 0.1) is 5.92 Å². The molecule has 2 aromatic rings. The quantitative estimate of drug-likeness (QED) is 0.772. The highest BCUT2D eigenvalue weighted by atomic mass is 16.1. The number of carbonyl (C=O) groups is 1. The molecule has 2 heterocycles. The van der Waals surface area contributed by atoms with Gasteiger partial charge in [0.05, 0.1) is 0 Å². The highest BCUT2D eigenvalue weighted by Gasteiger charge is 2.11. The Labute approximate surface area is 112 Å². The van der Waals surface area contributed by atoms with E-state index < -0.39 is 0 Å². The van der Waals surface area contributed by atoms with Crippen molar-refractivity contribution in [2.24, 2.45) is 5.92 Å². The Morgan fingerprint density at radius 1 is 1.16 bits per heavy atom. The highest BCUT2D eigenvalue weighted by molar-refractivity contribution is 5.97. The molecule has 0 aliphatic heterocycles. The number of ketones is 1. The predicted octanol–water partition coefficient (Wildman–Crippen LogP) is 2.19. The number of rotatable bonds is 5. The van der Waals surface area contributed by atoms with Crippen LogP contribution in [-0.4, -0.2) is 14.9 Å². The average molecular weight is 258 g/mol. The summed E-state index contributed by atoms with van der Waals surface area (Å²) in [5, 5.41) is 0. The Balaban J connectivity index is 2.03. The molecule has 4 heteroatoms. The van der Waals surface area contributed by atoms with Crippen LogP contribution in [0.15, 0.2) is 47.7 Å². The molecular weight excluding hydrogens is 240 g/mol. The second-order valence-corrected chi connectivity index (χ2v) is 4.89. The van der Waals surface area contributed by atoms with E-state index in [-0.39, 0.29) is 17.3 Å². The smallest absolute Gasteiger partial charge is 0.250 e. The molecule has 0 aromatic carbocycles. The fourth-order valence-electron chi connectivity index (χ4n) is 1.93. The van der Waals surface area contributed by atoms with E-state index in [1.54, 1.807) is 22.9 Å². The van der Waals surface area contributed by atoms with Crippen molar-refractivity contribution < 1.29 is 4.79 Å². The minimum absolute atomic E-state index is 0.00636. The molecular formula is C15H18N2O2. The molecule has 0 saturated carbocycles. The maximum absolute atomic E-state index is 11.8. The molecule has 0 amide bonds. The van der Waals surface area contributed by atoms with Gasteiger partial charge in [0.15, 0.2) is 5.78 Å². The maximum atomic E-state index is 11.8. The minimum atomic E-state index is -0.00636. The Morgan fingerprint density at radius 2 is 1.95 bits per heavy atom. The van der Waals surface area contributed by atoms with E-state index >= 15 is 0 Å². The van der Waals surface area contributed by atoms with Gasteiger partial charge in [0.25, 0.3) is 5.56 Å². The zero-order valence-electron chi connectivity index (χ0n) is 11.2. The van der Waals surface area contributed by atoms with E-state index in [1.807, 2.05) is 42.9 Å². The van der Waals surface area contributed by atoms with Gasteiger partial charge in [-0.2, -0.15) is 0 Å². The van der Waals surface area contributed by atoms with Crippen molar-refractivity contribution in [2.45, 2.75) is 26.9 Å². The zero-order chi connectivity index (χ0) is 13.8. The lowest BCUT2D eigenvalue weighted by molar-refractivity contribution is 0.0939. The molecule has 2 rings (SSSR count). The summed E-state index contributed by atoms with van der Waals surface area (Å²) in [7, 11) is 0. The molecule has 0 aliphatic carbocycles. The van der Waals surface area contributed by atoms with Gasteiger partial charge < -0.3 is 9.13 Å². The summed E-state index contributed by atoms with van der Waals surface area (Å²) in [6.07, 6.45) is 5.49. The average Bonchev–Trinajstić information content (AvgIpc) is 2.85. The Hall–Kier alpha value is -2.10. The summed E-state index contributed by atoms with van der Waals surface area (Å²) in [5.41, 5.74) is 0.726. The first-order chi connectivity index (χ1) is 9.08.